The Balaban J connectivity index is 3.17. The van der Waals surface area contributed by atoms with E-state index >= 15 is 0 Å². The summed E-state index contributed by atoms with van der Waals surface area (Å²) >= 11 is 0. The predicted molar refractivity (Wildman–Crippen MR) is 53.9 cm³/mol. The molecule has 0 aromatic heterocycles. The largest absolute Gasteiger partial charge is 0.302 e. The number of carbonyl (C=O) groups excluding carboxylic acids is 1. The predicted octanol–water partition coefficient (Wildman–Crippen LogP) is 1.36. The molecule has 0 spiro atoms. The Morgan fingerprint density at radius 3 is 2.14 bits per heavy atom. The van der Waals surface area contributed by atoms with Gasteiger partial charge >= 0.3 is 0 Å². The fourth-order valence-corrected chi connectivity index (χ4v) is 2.11. The molecule has 1 aromatic carbocycles. The molecule has 0 radical (unpaired) electrons. The summed E-state index contributed by atoms with van der Waals surface area (Å²) in [6.45, 7) is 3.25. The number of rotatable bonds is 3. The van der Waals surface area contributed by atoms with Crippen molar-refractivity contribution in [2.24, 2.45) is 0 Å². The van der Waals surface area contributed by atoms with Gasteiger partial charge in [-0.3, -0.25) is 0 Å². The molecular formula is C10H12O3S. The van der Waals surface area contributed by atoms with Crippen LogP contribution in [-0.2, 0) is 14.6 Å². The second kappa shape index (κ2) is 3.92. The highest BCUT2D eigenvalue weighted by molar-refractivity contribution is 7.92. The zero-order valence-corrected chi connectivity index (χ0v) is 8.91. The Kier molecular flexibility index (Phi) is 3.06. The van der Waals surface area contributed by atoms with Crippen LogP contribution in [0.1, 0.15) is 12.5 Å². The number of carbonyl (C=O) groups is 1. The van der Waals surface area contributed by atoms with Crippen LogP contribution in [-0.4, -0.2) is 20.0 Å². The van der Waals surface area contributed by atoms with Gasteiger partial charge in [-0.1, -0.05) is 17.7 Å². The van der Waals surface area contributed by atoms with Crippen molar-refractivity contribution < 1.29 is 13.2 Å². The van der Waals surface area contributed by atoms with Crippen LogP contribution in [0.15, 0.2) is 29.2 Å². The van der Waals surface area contributed by atoms with Crippen molar-refractivity contribution in [3.8, 4) is 0 Å². The molecule has 1 atom stereocenters. The van der Waals surface area contributed by atoms with Gasteiger partial charge in [-0.2, -0.15) is 0 Å². The summed E-state index contributed by atoms with van der Waals surface area (Å²) in [4.78, 5) is 10.6. The van der Waals surface area contributed by atoms with Crippen LogP contribution in [0.3, 0.4) is 0 Å². The minimum atomic E-state index is -3.47. The fourth-order valence-electron chi connectivity index (χ4n) is 1.02. The van der Waals surface area contributed by atoms with Crippen molar-refractivity contribution in [1.29, 1.82) is 0 Å². The Labute approximate surface area is 83.7 Å². The van der Waals surface area contributed by atoms with E-state index in [-0.39, 0.29) is 4.90 Å². The standard InChI is InChI=1S/C10H12O3S/c1-8-3-5-10(6-4-8)14(12,13)9(2)7-11/h3-7,9H,1-2H3. The first-order valence-corrected chi connectivity index (χ1v) is 5.79. The maximum absolute atomic E-state index is 11.6. The summed E-state index contributed by atoms with van der Waals surface area (Å²) < 4.78 is 23.3. The molecule has 0 bridgehead atoms. The van der Waals surface area contributed by atoms with E-state index in [1.54, 1.807) is 12.1 Å². The lowest BCUT2D eigenvalue weighted by Gasteiger charge is -2.06. The molecule has 0 N–H and O–H groups in total. The van der Waals surface area contributed by atoms with Crippen LogP contribution in [0, 0.1) is 6.92 Å². The molecular weight excluding hydrogens is 200 g/mol. The molecule has 0 aliphatic heterocycles. The molecule has 0 saturated heterocycles. The van der Waals surface area contributed by atoms with Gasteiger partial charge in [-0.05, 0) is 26.0 Å². The summed E-state index contributed by atoms with van der Waals surface area (Å²) in [5, 5.41) is -0.981. The second-order valence-corrected chi connectivity index (χ2v) is 5.50. The minimum absolute atomic E-state index is 0.197. The lowest BCUT2D eigenvalue weighted by molar-refractivity contribution is -0.107. The van der Waals surface area contributed by atoms with Gasteiger partial charge in [0.05, 0.1) is 4.90 Å². The van der Waals surface area contributed by atoms with E-state index in [2.05, 4.69) is 0 Å². The van der Waals surface area contributed by atoms with Gasteiger partial charge in [-0.25, -0.2) is 8.42 Å². The monoisotopic (exact) mass is 212 g/mol. The molecule has 0 aliphatic carbocycles. The maximum atomic E-state index is 11.6. The summed E-state index contributed by atoms with van der Waals surface area (Å²) in [7, 11) is -3.47. The van der Waals surface area contributed by atoms with Crippen molar-refractivity contribution >= 4 is 16.1 Å². The summed E-state index contributed by atoms with van der Waals surface area (Å²) in [5.74, 6) is 0. The molecule has 0 heterocycles. The molecule has 1 unspecified atom stereocenters. The van der Waals surface area contributed by atoms with Crippen LogP contribution in [0.25, 0.3) is 0 Å². The van der Waals surface area contributed by atoms with Gasteiger partial charge in [0.1, 0.15) is 11.5 Å². The summed E-state index contributed by atoms with van der Waals surface area (Å²) in [5.41, 5.74) is 0.989. The van der Waals surface area contributed by atoms with Gasteiger partial charge in [0.2, 0.25) is 0 Å². The van der Waals surface area contributed by atoms with Gasteiger partial charge in [0, 0.05) is 0 Å². The summed E-state index contributed by atoms with van der Waals surface area (Å²) in [6.07, 6.45) is 0.440. The normalized spacial score (nSPS) is 13.6. The molecule has 14 heavy (non-hydrogen) atoms. The maximum Gasteiger partial charge on any atom is 0.187 e. The number of aldehydes is 1. The van der Waals surface area contributed by atoms with Crippen molar-refractivity contribution in [2.75, 3.05) is 0 Å². The third-order valence-corrected chi connectivity index (χ3v) is 4.05. The lowest BCUT2D eigenvalue weighted by atomic mass is 10.2. The van der Waals surface area contributed by atoms with E-state index in [0.29, 0.717) is 6.29 Å². The third kappa shape index (κ3) is 2.01. The highest BCUT2D eigenvalue weighted by atomic mass is 32.2. The Morgan fingerprint density at radius 1 is 1.21 bits per heavy atom. The molecule has 0 fully saturated rings. The number of benzene rings is 1. The van der Waals surface area contributed by atoms with E-state index < -0.39 is 15.1 Å². The molecule has 3 nitrogen and oxygen atoms in total. The highest BCUT2D eigenvalue weighted by Crippen LogP contribution is 2.15. The van der Waals surface area contributed by atoms with Gasteiger partial charge < -0.3 is 4.79 Å². The number of hydrogen-bond acceptors (Lipinski definition) is 3. The van der Waals surface area contributed by atoms with Crippen LogP contribution in [0.2, 0.25) is 0 Å². The fraction of sp³-hybridized carbons (Fsp3) is 0.300. The van der Waals surface area contributed by atoms with Crippen molar-refractivity contribution in [3.63, 3.8) is 0 Å². The summed E-state index contributed by atoms with van der Waals surface area (Å²) in [6, 6.07) is 6.46. The number of hydrogen-bond donors (Lipinski definition) is 0. The minimum Gasteiger partial charge on any atom is -0.302 e. The molecule has 76 valence electrons. The van der Waals surface area contributed by atoms with Crippen LogP contribution < -0.4 is 0 Å². The van der Waals surface area contributed by atoms with E-state index in [9.17, 15) is 13.2 Å². The van der Waals surface area contributed by atoms with Gasteiger partial charge in [0.25, 0.3) is 0 Å². The lowest BCUT2D eigenvalue weighted by Crippen LogP contribution is -2.19. The van der Waals surface area contributed by atoms with Gasteiger partial charge in [-0.15, -0.1) is 0 Å². The number of aryl methyl sites for hydroxylation is 1. The zero-order valence-electron chi connectivity index (χ0n) is 8.10. The first kappa shape index (κ1) is 10.9. The third-order valence-electron chi connectivity index (χ3n) is 2.03. The first-order chi connectivity index (χ1) is 6.48. The SMILES string of the molecule is Cc1ccc(S(=O)(=O)C(C)C=O)cc1. The number of sulfone groups is 1. The van der Waals surface area contributed by atoms with Crippen LogP contribution in [0.5, 0.6) is 0 Å². The van der Waals surface area contributed by atoms with E-state index in [1.807, 2.05) is 6.92 Å². The smallest absolute Gasteiger partial charge is 0.187 e. The highest BCUT2D eigenvalue weighted by Gasteiger charge is 2.21. The molecule has 0 amide bonds. The Bertz CT molecular complexity index is 417. The second-order valence-electron chi connectivity index (χ2n) is 3.20. The topological polar surface area (TPSA) is 51.2 Å². The van der Waals surface area contributed by atoms with Crippen LogP contribution >= 0.6 is 0 Å². The van der Waals surface area contributed by atoms with E-state index in [1.165, 1.54) is 19.1 Å². The van der Waals surface area contributed by atoms with Crippen molar-refractivity contribution in [1.82, 2.24) is 0 Å². The molecule has 4 heteroatoms. The van der Waals surface area contributed by atoms with Crippen molar-refractivity contribution in [3.05, 3.63) is 29.8 Å². The van der Waals surface area contributed by atoms with Crippen molar-refractivity contribution in [2.45, 2.75) is 24.0 Å². The zero-order chi connectivity index (χ0) is 10.8. The van der Waals surface area contributed by atoms with E-state index in [0.717, 1.165) is 5.56 Å². The average Bonchev–Trinajstić information content (AvgIpc) is 2.17. The first-order valence-electron chi connectivity index (χ1n) is 4.24. The average molecular weight is 212 g/mol. The Morgan fingerprint density at radius 2 is 1.71 bits per heavy atom. The quantitative estimate of drug-likeness (QED) is 0.711. The molecule has 1 aromatic rings. The molecule has 1 rings (SSSR count). The Hall–Kier alpha value is -1.16. The molecule has 0 aliphatic rings. The van der Waals surface area contributed by atoms with Crippen LogP contribution in [0.4, 0.5) is 0 Å². The van der Waals surface area contributed by atoms with Gasteiger partial charge in [0.15, 0.2) is 9.84 Å². The van der Waals surface area contributed by atoms with E-state index in [4.69, 9.17) is 0 Å². The molecule has 0 saturated carbocycles.